The van der Waals surface area contributed by atoms with Gasteiger partial charge in [-0.1, -0.05) is 32.8 Å². The third kappa shape index (κ3) is 5.84. The minimum atomic E-state index is -0.852. The number of carbonyl (C=O) groups is 1. The van der Waals surface area contributed by atoms with Crippen molar-refractivity contribution in [2.45, 2.75) is 45.1 Å². The zero-order valence-electron chi connectivity index (χ0n) is 12.6. The molecule has 5 nitrogen and oxygen atoms in total. The highest BCUT2D eigenvalue weighted by Crippen LogP contribution is 2.18. The van der Waals surface area contributed by atoms with Gasteiger partial charge in [-0.05, 0) is 31.0 Å². The number of anilines is 1. The number of nitrogens with zero attached hydrogens (tertiary/aromatic N) is 1. The van der Waals surface area contributed by atoms with Crippen molar-refractivity contribution in [1.29, 1.82) is 5.26 Å². The third-order valence-electron chi connectivity index (χ3n) is 3.26. The summed E-state index contributed by atoms with van der Waals surface area (Å²) in [4.78, 5) is 11.9. The Hall–Kier alpha value is -2.06. The second kappa shape index (κ2) is 8.28. The molecule has 0 aromatic heterocycles. The van der Waals surface area contributed by atoms with Crippen molar-refractivity contribution < 1.29 is 9.90 Å². The second-order valence-electron chi connectivity index (χ2n) is 5.22. The molecule has 0 spiro atoms. The second-order valence-corrected chi connectivity index (χ2v) is 5.22. The van der Waals surface area contributed by atoms with Crippen LogP contribution in [-0.2, 0) is 0 Å². The molecular weight excluding hydrogens is 266 g/mol. The van der Waals surface area contributed by atoms with Crippen LogP contribution >= 0.6 is 0 Å². The summed E-state index contributed by atoms with van der Waals surface area (Å²) in [6.45, 7) is 4.24. The Labute approximate surface area is 126 Å². The fourth-order valence-corrected chi connectivity index (χ4v) is 2.32. The monoisotopic (exact) mass is 289 g/mol. The van der Waals surface area contributed by atoms with Crippen molar-refractivity contribution in [3.63, 3.8) is 0 Å². The number of rotatable bonds is 7. The van der Waals surface area contributed by atoms with E-state index < -0.39 is 5.60 Å². The molecule has 21 heavy (non-hydrogen) atoms. The lowest BCUT2D eigenvalue weighted by molar-refractivity contribution is 0.0245. The Morgan fingerprint density at radius 1 is 1.33 bits per heavy atom. The van der Waals surface area contributed by atoms with Crippen LogP contribution in [0.5, 0.6) is 0 Å². The molecule has 114 valence electrons. The number of hydrogen-bond acceptors (Lipinski definition) is 3. The maximum absolute atomic E-state index is 11.9. The topological polar surface area (TPSA) is 85.2 Å². The van der Waals surface area contributed by atoms with Gasteiger partial charge in [-0.25, -0.2) is 4.79 Å². The zero-order chi connectivity index (χ0) is 15.7. The minimum Gasteiger partial charge on any atom is -0.388 e. The van der Waals surface area contributed by atoms with Gasteiger partial charge in [0.05, 0.1) is 17.2 Å². The first-order chi connectivity index (χ1) is 10.0. The fraction of sp³-hybridized carbons (Fsp3) is 0.500. The highest BCUT2D eigenvalue weighted by molar-refractivity contribution is 5.89. The van der Waals surface area contributed by atoms with Crippen LogP contribution in [0.2, 0.25) is 0 Å². The van der Waals surface area contributed by atoms with Gasteiger partial charge < -0.3 is 15.7 Å². The van der Waals surface area contributed by atoms with E-state index in [0.717, 1.165) is 12.8 Å². The highest BCUT2D eigenvalue weighted by Gasteiger charge is 2.25. The molecule has 2 amide bonds. The molecule has 0 saturated carbocycles. The van der Waals surface area contributed by atoms with E-state index in [4.69, 9.17) is 5.26 Å². The average molecular weight is 289 g/mol. The average Bonchev–Trinajstić information content (AvgIpc) is 2.46. The summed E-state index contributed by atoms with van der Waals surface area (Å²) in [7, 11) is 0. The van der Waals surface area contributed by atoms with Crippen LogP contribution in [0.15, 0.2) is 24.3 Å². The summed E-state index contributed by atoms with van der Waals surface area (Å²) in [6.07, 6.45) is 3.05. The molecule has 1 aromatic rings. The first-order valence-electron chi connectivity index (χ1n) is 7.30. The molecule has 1 aromatic carbocycles. The Morgan fingerprint density at radius 2 is 2.00 bits per heavy atom. The fourth-order valence-electron chi connectivity index (χ4n) is 2.32. The van der Waals surface area contributed by atoms with E-state index in [1.165, 1.54) is 0 Å². The molecule has 3 N–H and O–H groups in total. The largest absolute Gasteiger partial charge is 0.388 e. The molecule has 0 atom stereocenters. The van der Waals surface area contributed by atoms with E-state index in [2.05, 4.69) is 10.6 Å². The van der Waals surface area contributed by atoms with E-state index >= 15 is 0 Å². The maximum atomic E-state index is 11.9. The SMILES string of the molecule is CCCC(O)(CCC)CNC(=O)Nc1cccc(C#N)c1. The number of aliphatic hydroxyl groups is 1. The first-order valence-corrected chi connectivity index (χ1v) is 7.30. The van der Waals surface area contributed by atoms with Crippen molar-refractivity contribution in [1.82, 2.24) is 5.32 Å². The van der Waals surface area contributed by atoms with Crippen molar-refractivity contribution in [3.05, 3.63) is 29.8 Å². The summed E-state index contributed by atoms with van der Waals surface area (Å²) in [6, 6.07) is 8.33. The van der Waals surface area contributed by atoms with Crippen LogP contribution in [-0.4, -0.2) is 23.3 Å². The minimum absolute atomic E-state index is 0.221. The number of nitriles is 1. The molecule has 0 aliphatic rings. The van der Waals surface area contributed by atoms with Crippen molar-refractivity contribution in [2.75, 3.05) is 11.9 Å². The van der Waals surface area contributed by atoms with Crippen LogP contribution in [0.4, 0.5) is 10.5 Å². The summed E-state index contributed by atoms with van der Waals surface area (Å²) < 4.78 is 0. The van der Waals surface area contributed by atoms with Gasteiger partial charge in [0, 0.05) is 12.2 Å². The molecular formula is C16H23N3O2. The van der Waals surface area contributed by atoms with Gasteiger partial charge in [0.15, 0.2) is 0 Å². The number of carbonyl (C=O) groups excluding carboxylic acids is 1. The van der Waals surface area contributed by atoms with Crippen LogP contribution in [0.25, 0.3) is 0 Å². The van der Waals surface area contributed by atoms with Gasteiger partial charge in [0.2, 0.25) is 0 Å². The standard InChI is InChI=1S/C16H23N3O2/c1-3-8-16(21,9-4-2)12-18-15(20)19-14-7-5-6-13(10-14)11-17/h5-7,10,21H,3-4,8-9,12H2,1-2H3,(H2,18,19,20). The van der Waals surface area contributed by atoms with Crippen LogP contribution < -0.4 is 10.6 Å². The smallest absolute Gasteiger partial charge is 0.319 e. The molecule has 0 bridgehead atoms. The van der Waals surface area contributed by atoms with Crippen LogP contribution in [0.1, 0.15) is 45.1 Å². The van der Waals surface area contributed by atoms with Crippen molar-refractivity contribution in [2.24, 2.45) is 0 Å². The normalized spacial score (nSPS) is 10.8. The van der Waals surface area contributed by atoms with Gasteiger partial charge in [-0.3, -0.25) is 0 Å². The number of urea groups is 1. The lowest BCUT2D eigenvalue weighted by Crippen LogP contribution is -2.44. The van der Waals surface area contributed by atoms with Gasteiger partial charge in [0.1, 0.15) is 0 Å². The predicted octanol–water partition coefficient (Wildman–Crippen LogP) is 3.01. The molecule has 1 rings (SSSR count). The molecule has 0 radical (unpaired) electrons. The van der Waals surface area contributed by atoms with Gasteiger partial charge in [-0.2, -0.15) is 5.26 Å². The summed E-state index contributed by atoms with van der Waals surface area (Å²) in [5, 5.41) is 24.6. The summed E-state index contributed by atoms with van der Waals surface area (Å²) in [5.74, 6) is 0. The molecule has 0 unspecified atom stereocenters. The molecule has 0 heterocycles. The molecule has 0 fully saturated rings. The molecule has 0 saturated heterocycles. The number of amides is 2. The van der Waals surface area contributed by atoms with Crippen LogP contribution in [0.3, 0.4) is 0 Å². The summed E-state index contributed by atoms with van der Waals surface area (Å²) in [5.41, 5.74) is 0.192. The number of benzene rings is 1. The predicted molar refractivity (Wildman–Crippen MR) is 82.9 cm³/mol. The van der Waals surface area contributed by atoms with Crippen molar-refractivity contribution in [3.8, 4) is 6.07 Å². The lowest BCUT2D eigenvalue weighted by Gasteiger charge is -2.27. The zero-order valence-corrected chi connectivity index (χ0v) is 12.6. The van der Waals surface area contributed by atoms with E-state index in [1.54, 1.807) is 24.3 Å². The van der Waals surface area contributed by atoms with Crippen molar-refractivity contribution >= 4 is 11.7 Å². The van der Waals surface area contributed by atoms with E-state index in [-0.39, 0.29) is 12.6 Å². The van der Waals surface area contributed by atoms with E-state index in [9.17, 15) is 9.90 Å². The Balaban J connectivity index is 2.55. The van der Waals surface area contributed by atoms with Gasteiger partial charge in [-0.15, -0.1) is 0 Å². The quantitative estimate of drug-likeness (QED) is 0.721. The highest BCUT2D eigenvalue weighted by atomic mass is 16.3. The summed E-state index contributed by atoms with van der Waals surface area (Å²) >= 11 is 0. The third-order valence-corrected chi connectivity index (χ3v) is 3.26. The maximum Gasteiger partial charge on any atom is 0.319 e. The molecule has 0 aliphatic carbocycles. The van der Waals surface area contributed by atoms with Gasteiger partial charge in [0.25, 0.3) is 0 Å². The van der Waals surface area contributed by atoms with E-state index in [0.29, 0.717) is 24.1 Å². The Bertz CT molecular complexity index is 502. The number of nitrogens with one attached hydrogen (secondary N) is 2. The number of hydrogen-bond donors (Lipinski definition) is 3. The lowest BCUT2D eigenvalue weighted by atomic mass is 9.93. The molecule has 5 heteroatoms. The first kappa shape index (κ1) is 17.0. The Kier molecular flexibility index (Phi) is 6.70. The Morgan fingerprint density at radius 3 is 2.57 bits per heavy atom. The van der Waals surface area contributed by atoms with E-state index in [1.807, 2.05) is 19.9 Å². The van der Waals surface area contributed by atoms with Crippen LogP contribution in [0, 0.1) is 11.3 Å². The molecule has 0 aliphatic heterocycles. The van der Waals surface area contributed by atoms with Gasteiger partial charge >= 0.3 is 6.03 Å².